The second-order valence-corrected chi connectivity index (χ2v) is 10.2. The third-order valence-electron chi connectivity index (χ3n) is 4.68. The molecule has 0 amide bonds. The van der Waals surface area contributed by atoms with Gasteiger partial charge in [0.15, 0.2) is 4.90 Å². The van der Waals surface area contributed by atoms with E-state index < -0.39 is 26.0 Å². The van der Waals surface area contributed by atoms with Crippen molar-refractivity contribution in [1.82, 2.24) is 5.32 Å². The predicted octanol–water partition coefficient (Wildman–Crippen LogP) is 0.746. The molecule has 0 spiro atoms. The molecule has 1 saturated heterocycles. The molecule has 2 aliphatic rings. The number of fused-ring (bicyclic) bond motifs is 1. The second-order valence-electron chi connectivity index (χ2n) is 5.67. The number of hydrogen-bond acceptors (Lipinski definition) is 4. The van der Waals surface area contributed by atoms with Crippen LogP contribution < -0.4 is 5.32 Å². The highest BCUT2D eigenvalue weighted by atomic mass is 32.1. The summed E-state index contributed by atoms with van der Waals surface area (Å²) in [7, 11) is -9.92. The first kappa shape index (κ1) is 17.0. The zero-order valence-electron chi connectivity index (χ0n) is 10.9. The highest BCUT2D eigenvalue weighted by Crippen LogP contribution is 2.78. The first-order chi connectivity index (χ1) is 9.15. The number of hydrogen-bond donors (Lipinski definition) is 6. The monoisotopic (exact) mass is 345 g/mol. The van der Waals surface area contributed by atoms with Crippen LogP contribution in [0.15, 0.2) is 0 Å². The Labute approximate surface area is 123 Å². The minimum Gasteiger partial charge on any atom is -0.324 e. The molecule has 1 saturated carbocycles. The maximum Gasteiger partial charge on any atom is 0.344 e. The van der Waals surface area contributed by atoms with Crippen molar-refractivity contribution in [3.63, 3.8) is 0 Å². The van der Waals surface area contributed by atoms with E-state index in [0.29, 0.717) is 12.3 Å². The average molecular weight is 345 g/mol. The molecule has 0 radical (unpaired) electrons. The first-order valence-corrected chi connectivity index (χ1v) is 10.5. The Bertz CT molecular complexity index is 441. The topological polar surface area (TPSA) is 127 Å². The standard InChI is InChI=1S/C10H21NO6P2S/c12-18(13,14)10(19(15,16)17)6-7-2-1-4-11-9(7)8(10)3-5-20/h7-9,11,20H,1-6H2,(H2,12,13,14)(H2,15,16,17). The van der Waals surface area contributed by atoms with E-state index in [1.807, 2.05) is 0 Å². The van der Waals surface area contributed by atoms with Gasteiger partial charge in [-0.05, 0) is 43.9 Å². The molecule has 3 unspecified atom stereocenters. The smallest absolute Gasteiger partial charge is 0.324 e. The van der Waals surface area contributed by atoms with Gasteiger partial charge >= 0.3 is 15.2 Å². The zero-order valence-corrected chi connectivity index (χ0v) is 13.6. The summed E-state index contributed by atoms with van der Waals surface area (Å²) in [4.78, 5) is 36.6. The predicted molar refractivity (Wildman–Crippen MR) is 77.9 cm³/mol. The van der Waals surface area contributed by atoms with Gasteiger partial charge in [-0.3, -0.25) is 9.13 Å². The van der Waals surface area contributed by atoms with E-state index in [4.69, 9.17) is 0 Å². The molecule has 0 aromatic heterocycles. The molecule has 1 heterocycles. The van der Waals surface area contributed by atoms with Crippen molar-refractivity contribution in [3.05, 3.63) is 0 Å². The number of nitrogens with one attached hydrogen (secondary N) is 1. The molecule has 1 aliphatic heterocycles. The molecule has 0 bridgehead atoms. The van der Waals surface area contributed by atoms with Gasteiger partial charge in [0.05, 0.1) is 0 Å². The summed E-state index contributed by atoms with van der Waals surface area (Å²) in [5, 5.41) is 3.19. The Hall–Kier alpha value is 0.610. The van der Waals surface area contributed by atoms with Gasteiger partial charge in [-0.15, -0.1) is 0 Å². The SMILES string of the molecule is O=P(O)(O)C1(P(=O)(O)O)CC2CCCNC2C1CCS. The summed E-state index contributed by atoms with van der Waals surface area (Å²) >= 11 is 4.09. The van der Waals surface area contributed by atoms with Gasteiger partial charge in [0.1, 0.15) is 0 Å². The van der Waals surface area contributed by atoms with Crippen LogP contribution in [0.5, 0.6) is 0 Å². The fraction of sp³-hybridized carbons (Fsp3) is 1.00. The first-order valence-electron chi connectivity index (χ1n) is 6.60. The van der Waals surface area contributed by atoms with Gasteiger partial charge in [-0.1, -0.05) is 0 Å². The molecule has 5 N–H and O–H groups in total. The fourth-order valence-corrected chi connectivity index (χ4v) is 7.92. The van der Waals surface area contributed by atoms with Crippen molar-refractivity contribution < 1.29 is 28.7 Å². The van der Waals surface area contributed by atoms with Gasteiger partial charge in [-0.2, -0.15) is 12.6 Å². The highest BCUT2D eigenvalue weighted by molar-refractivity contribution is 7.80. The Morgan fingerprint density at radius 3 is 2.30 bits per heavy atom. The largest absolute Gasteiger partial charge is 0.344 e. The number of piperidine rings is 1. The quantitative estimate of drug-likeness (QED) is 0.328. The van der Waals surface area contributed by atoms with Crippen LogP contribution >= 0.6 is 27.8 Å². The van der Waals surface area contributed by atoms with Crippen molar-refractivity contribution in [2.75, 3.05) is 12.3 Å². The molecule has 118 valence electrons. The van der Waals surface area contributed by atoms with Crippen molar-refractivity contribution in [3.8, 4) is 0 Å². The van der Waals surface area contributed by atoms with Crippen LogP contribution in [0.4, 0.5) is 0 Å². The number of rotatable bonds is 4. The van der Waals surface area contributed by atoms with Crippen LogP contribution in [0.25, 0.3) is 0 Å². The molecule has 3 atom stereocenters. The van der Waals surface area contributed by atoms with Crippen LogP contribution in [0.1, 0.15) is 25.7 Å². The van der Waals surface area contributed by atoms with E-state index in [0.717, 1.165) is 12.8 Å². The lowest BCUT2D eigenvalue weighted by molar-refractivity contribution is 0.251. The van der Waals surface area contributed by atoms with Gasteiger partial charge < -0.3 is 24.9 Å². The molecule has 2 rings (SSSR count). The molecule has 1 aliphatic carbocycles. The van der Waals surface area contributed by atoms with Crippen LogP contribution in [-0.4, -0.2) is 42.8 Å². The normalized spacial score (nSPS) is 34.0. The summed E-state index contributed by atoms with van der Waals surface area (Å²) in [6, 6.07) is -0.254. The molecular weight excluding hydrogens is 324 g/mol. The number of thiol groups is 1. The molecule has 10 heteroatoms. The van der Waals surface area contributed by atoms with Crippen molar-refractivity contribution >= 4 is 27.8 Å². The lowest BCUT2D eigenvalue weighted by Crippen LogP contribution is -2.45. The lowest BCUT2D eigenvalue weighted by atomic mass is 9.89. The van der Waals surface area contributed by atoms with E-state index in [1.165, 1.54) is 0 Å². The highest BCUT2D eigenvalue weighted by Gasteiger charge is 2.70. The van der Waals surface area contributed by atoms with Crippen LogP contribution in [0, 0.1) is 11.8 Å². The summed E-state index contributed by atoms with van der Waals surface area (Å²) in [5.74, 6) is -0.530. The Kier molecular flexibility index (Phi) is 4.81. The van der Waals surface area contributed by atoms with Crippen molar-refractivity contribution in [1.29, 1.82) is 0 Å². The minimum absolute atomic E-state index is 0.103. The molecule has 7 nitrogen and oxygen atoms in total. The van der Waals surface area contributed by atoms with E-state index in [1.54, 1.807) is 0 Å². The van der Waals surface area contributed by atoms with E-state index in [2.05, 4.69) is 17.9 Å². The molecule has 20 heavy (non-hydrogen) atoms. The van der Waals surface area contributed by atoms with Crippen LogP contribution in [-0.2, 0) is 9.13 Å². The molecule has 0 aromatic rings. The maximum absolute atomic E-state index is 12.0. The van der Waals surface area contributed by atoms with E-state index >= 15 is 0 Å². The van der Waals surface area contributed by atoms with Crippen LogP contribution in [0.2, 0.25) is 0 Å². The van der Waals surface area contributed by atoms with Gasteiger partial charge in [0.25, 0.3) is 0 Å². The van der Waals surface area contributed by atoms with Crippen LogP contribution in [0.3, 0.4) is 0 Å². The average Bonchev–Trinajstić information content (AvgIpc) is 2.65. The van der Waals surface area contributed by atoms with E-state index in [9.17, 15) is 28.7 Å². The molecule has 2 fully saturated rings. The Balaban J connectivity index is 2.54. The summed E-state index contributed by atoms with van der Waals surface area (Å²) in [5.41, 5.74) is 0. The van der Waals surface area contributed by atoms with Gasteiger partial charge in [0, 0.05) is 12.0 Å². The van der Waals surface area contributed by atoms with Crippen molar-refractivity contribution in [2.24, 2.45) is 11.8 Å². The molecular formula is C10H21NO6P2S. The summed E-state index contributed by atoms with van der Waals surface area (Å²) < 4.78 is 24.0. The Morgan fingerprint density at radius 1 is 1.20 bits per heavy atom. The zero-order chi connectivity index (χ0) is 15.2. The fourth-order valence-electron chi connectivity index (χ4n) is 3.89. The van der Waals surface area contributed by atoms with Gasteiger partial charge in [0.2, 0.25) is 0 Å². The second kappa shape index (κ2) is 5.67. The van der Waals surface area contributed by atoms with Crippen molar-refractivity contribution in [2.45, 2.75) is 36.6 Å². The van der Waals surface area contributed by atoms with Gasteiger partial charge in [-0.25, -0.2) is 0 Å². The maximum atomic E-state index is 12.0. The summed E-state index contributed by atoms with van der Waals surface area (Å²) in [6.45, 7) is 0.711. The van der Waals surface area contributed by atoms with E-state index in [-0.39, 0.29) is 24.8 Å². The minimum atomic E-state index is -4.96. The molecule has 0 aromatic carbocycles. The lowest BCUT2D eigenvalue weighted by Gasteiger charge is -2.38. The Morgan fingerprint density at radius 2 is 1.80 bits per heavy atom. The summed E-state index contributed by atoms with van der Waals surface area (Å²) in [6.07, 6.45) is 1.74. The third-order valence-corrected chi connectivity index (χ3v) is 9.55. The third kappa shape index (κ3) is 2.55.